The van der Waals surface area contributed by atoms with E-state index in [-0.39, 0.29) is 5.41 Å². The third kappa shape index (κ3) is 23.7. The van der Waals surface area contributed by atoms with Gasteiger partial charge in [0.2, 0.25) is 0 Å². The molecule has 1 aliphatic rings. The lowest BCUT2D eigenvalue weighted by Gasteiger charge is -2.33. The highest BCUT2D eigenvalue weighted by Gasteiger charge is 2.43. The number of aryl methyl sites for hydroxylation is 4. The molecule has 0 amide bonds. The van der Waals surface area contributed by atoms with Crippen LogP contribution in [0.1, 0.15) is 308 Å². The lowest BCUT2D eigenvalue weighted by Crippen LogP contribution is -2.25. The summed E-state index contributed by atoms with van der Waals surface area (Å²) in [6, 6.07) is 101. The van der Waals surface area contributed by atoms with Crippen LogP contribution in [-0.4, -0.2) is 19.1 Å². The van der Waals surface area contributed by atoms with E-state index in [1.807, 2.05) is 68.0 Å². The maximum atomic E-state index is 5.91. The second kappa shape index (κ2) is 49.7. The number of benzene rings is 9. The van der Waals surface area contributed by atoms with Crippen molar-refractivity contribution >= 4 is 120 Å². The first-order chi connectivity index (χ1) is 68.7. The fourth-order valence-electron chi connectivity index (χ4n) is 21.9. The quantitative estimate of drug-likeness (QED) is 0.0356. The third-order valence-electron chi connectivity index (χ3n) is 29.6. The molecule has 4 nitrogen and oxygen atoms in total. The Balaban J connectivity index is 0.000000189. The second-order valence-corrected chi connectivity index (χ2v) is 46.2. The van der Waals surface area contributed by atoms with E-state index >= 15 is 0 Å². The van der Waals surface area contributed by atoms with Crippen molar-refractivity contribution in [3.05, 3.63) is 289 Å². The minimum absolute atomic E-state index is 0.0368. The van der Waals surface area contributed by atoms with Gasteiger partial charge in [0, 0.05) is 79.8 Å². The maximum absolute atomic E-state index is 5.91. The normalized spacial score (nSPS) is 12.4. The van der Waals surface area contributed by atoms with Crippen LogP contribution < -0.4 is 0 Å². The van der Waals surface area contributed by atoms with Crippen LogP contribution in [-0.2, 0) is 31.3 Å². The highest BCUT2D eigenvalue weighted by atomic mass is 32.1. The molecule has 0 bridgehead atoms. The zero-order valence-electron chi connectivity index (χ0n) is 83.8. The van der Waals surface area contributed by atoms with Gasteiger partial charge < -0.3 is 9.13 Å². The van der Waals surface area contributed by atoms with Gasteiger partial charge in [-0.05, 0) is 191 Å². The van der Waals surface area contributed by atoms with E-state index in [4.69, 9.17) is 9.97 Å². The number of hydrogen-bond donors (Lipinski definition) is 0. The van der Waals surface area contributed by atoms with Gasteiger partial charge in [0.05, 0.1) is 63.3 Å². The van der Waals surface area contributed by atoms with Gasteiger partial charge in [-0.25, -0.2) is 9.97 Å². The standard InChI is InChI=1S/C70H73N3S4.C59H73NS2/c1-4-7-10-13-14-15-16-25-44-73-57-47-63(52-34-23-18-24-35-52)76-69(57)70-58(73)48-64(77-70)62-43-42-61(75-62)56-39-38-55(60-41-40-59(74-60)51-32-21-17-22-33-51)67-68(56)72-66(54-37-27-31-50(46-54)29-20-12-9-6-3)65(71-67)53-36-26-30-49(45-53)28-19-11-8-5-2;1-4-7-10-13-16-17-20-29-40-60-53-43-55(46-32-25-22-26-33-46)61-57(53)58-54(60)44-56(62-58)48-35-37-50-49-36-34-47(45-30-23-21-24-31-45)41-51(49)59(52(50)42-48,38-27-18-14-11-8-5-2)39-28-19-15-12-9-6-3/h17-18,21-24,26-27,30-43,45-48H,4-16,19-20,25,28-29,44H2,1-3H3;21-26,30-37,41-44H,4-20,27-29,38-40H2,1-3H3. The van der Waals surface area contributed by atoms with Gasteiger partial charge in [-0.1, -0.05) is 441 Å². The minimum atomic E-state index is 0.0368. The highest BCUT2D eigenvalue weighted by Crippen LogP contribution is 2.58. The van der Waals surface area contributed by atoms with Crippen molar-refractivity contribution in [2.45, 2.75) is 317 Å². The molecule has 19 rings (SSSR count). The van der Waals surface area contributed by atoms with Crippen molar-refractivity contribution < 1.29 is 0 Å². The molecule has 18 aromatic rings. The topological polar surface area (TPSA) is 35.6 Å². The van der Waals surface area contributed by atoms with Crippen LogP contribution in [0, 0.1) is 0 Å². The Bertz CT molecular complexity index is 6920. The van der Waals surface area contributed by atoms with E-state index in [1.54, 1.807) is 11.1 Å². The molecule has 0 saturated carbocycles. The van der Waals surface area contributed by atoms with Crippen molar-refractivity contribution in [3.8, 4) is 117 Å². The zero-order valence-corrected chi connectivity index (χ0v) is 88.7. The van der Waals surface area contributed by atoms with E-state index in [1.165, 1.54) is 380 Å². The SMILES string of the molecule is CCCCCCCCCCn1c2cc(-c3ccccc3)sc2c2sc(-c3ccc(-c4ccc(-c5ccc(-c6ccccc6)s5)c5nc(-c6cccc(CCCCCC)c6)c(-c6cccc(CCCCCC)c6)nc45)s3)cc21.CCCCCCCCCCn1c2cc(-c3ccccc3)sc2c2sc(-c3ccc4c(c3)C(CCCCCCCC)(CCCCCCCC)c3cc(-c5ccccc5)ccc3-4)cc21. The van der Waals surface area contributed by atoms with Gasteiger partial charge in [-0.2, -0.15) is 0 Å². The number of rotatable bonds is 52. The average molecular weight is 1950 g/mol. The summed E-state index contributed by atoms with van der Waals surface area (Å²) >= 11 is 11.7. The van der Waals surface area contributed by atoms with E-state index in [2.05, 4.69) is 318 Å². The molecule has 9 heterocycles. The Morgan fingerprint density at radius 3 is 0.942 bits per heavy atom. The first kappa shape index (κ1) is 99.3. The van der Waals surface area contributed by atoms with Crippen molar-refractivity contribution in [1.82, 2.24) is 19.1 Å². The Labute approximate surface area is 855 Å². The largest absolute Gasteiger partial charge is 0.339 e. The Morgan fingerprint density at radius 1 is 0.216 bits per heavy atom. The molecule has 0 aliphatic heterocycles. The molecule has 0 N–H and O–H groups in total. The molecule has 0 spiro atoms. The molecular formula is C129H146N4S6. The lowest BCUT2D eigenvalue weighted by atomic mass is 9.70. The first-order valence-corrected chi connectivity index (χ1v) is 59.0. The number of hydrogen-bond acceptors (Lipinski definition) is 8. The van der Waals surface area contributed by atoms with Crippen molar-refractivity contribution in [2.75, 3.05) is 0 Å². The Hall–Kier alpha value is -9.88. The second-order valence-electron chi connectivity index (χ2n) is 39.8. The fraction of sp³-hybridized carbons (Fsp3) is 0.380. The summed E-state index contributed by atoms with van der Waals surface area (Å²) < 4.78 is 11.1. The zero-order chi connectivity index (χ0) is 94.9. The minimum Gasteiger partial charge on any atom is -0.339 e. The van der Waals surface area contributed by atoms with Gasteiger partial charge in [0.15, 0.2) is 0 Å². The van der Waals surface area contributed by atoms with Crippen LogP contribution in [0.2, 0.25) is 0 Å². The highest BCUT2D eigenvalue weighted by molar-refractivity contribution is 7.32. The van der Waals surface area contributed by atoms with Crippen LogP contribution in [0.15, 0.2) is 267 Å². The third-order valence-corrected chi connectivity index (χ3v) is 37.0. The number of thiophene rings is 6. The van der Waals surface area contributed by atoms with Gasteiger partial charge in [-0.15, -0.1) is 68.0 Å². The molecule has 9 aromatic heterocycles. The summed E-state index contributed by atoms with van der Waals surface area (Å²) in [7, 11) is 0. The molecule has 139 heavy (non-hydrogen) atoms. The molecule has 0 fully saturated rings. The number of nitrogens with zero attached hydrogens (tertiary/aromatic N) is 4. The molecule has 0 saturated heterocycles. The monoisotopic (exact) mass is 1940 g/mol. The summed E-state index contributed by atoms with van der Waals surface area (Å²) in [5.74, 6) is 0. The molecule has 10 heteroatoms. The van der Waals surface area contributed by atoms with Crippen molar-refractivity contribution in [3.63, 3.8) is 0 Å². The van der Waals surface area contributed by atoms with E-state index < -0.39 is 0 Å². The summed E-state index contributed by atoms with van der Waals surface area (Å²) in [6.07, 6.45) is 52.0. The first-order valence-electron chi connectivity index (χ1n) is 54.1. The van der Waals surface area contributed by atoms with E-state index in [9.17, 15) is 0 Å². The van der Waals surface area contributed by atoms with Gasteiger partial charge in [0.25, 0.3) is 0 Å². The lowest BCUT2D eigenvalue weighted by molar-refractivity contribution is 0.398. The fourth-order valence-corrected chi connectivity index (χ4v) is 29.0. The molecule has 0 unspecified atom stereocenters. The van der Waals surface area contributed by atoms with Crippen LogP contribution >= 0.6 is 68.0 Å². The van der Waals surface area contributed by atoms with Crippen LogP contribution in [0.3, 0.4) is 0 Å². The van der Waals surface area contributed by atoms with E-state index in [0.717, 1.165) is 70.6 Å². The summed E-state index contributed by atoms with van der Waals surface area (Å²) in [5, 5.41) is 0. The molecule has 1 aliphatic carbocycles. The Morgan fingerprint density at radius 2 is 0.525 bits per heavy atom. The Kier molecular flexibility index (Phi) is 35.5. The maximum Gasteiger partial charge on any atom is 0.0988 e. The van der Waals surface area contributed by atoms with Crippen molar-refractivity contribution in [1.29, 1.82) is 0 Å². The van der Waals surface area contributed by atoms with E-state index in [0.29, 0.717) is 0 Å². The summed E-state index contributed by atoms with van der Waals surface area (Å²) in [5.41, 5.74) is 30.9. The average Bonchev–Trinajstić information content (AvgIpc) is 1.57. The molecule has 718 valence electrons. The molecule has 9 aromatic carbocycles. The van der Waals surface area contributed by atoms with Crippen molar-refractivity contribution in [2.24, 2.45) is 0 Å². The molecule has 0 atom stereocenters. The molecular weight excluding hydrogens is 1800 g/mol. The van der Waals surface area contributed by atoms with Gasteiger partial charge >= 0.3 is 0 Å². The van der Waals surface area contributed by atoms with Gasteiger partial charge in [-0.3, -0.25) is 0 Å². The predicted octanol–water partition coefficient (Wildman–Crippen LogP) is 42.9. The van der Waals surface area contributed by atoms with Crippen LogP contribution in [0.25, 0.3) is 169 Å². The van der Waals surface area contributed by atoms with Gasteiger partial charge in [0.1, 0.15) is 0 Å². The predicted molar refractivity (Wildman–Crippen MR) is 617 cm³/mol. The summed E-state index contributed by atoms with van der Waals surface area (Å²) in [6.45, 7) is 16.0. The van der Waals surface area contributed by atoms with Crippen LogP contribution in [0.5, 0.6) is 0 Å². The number of fused-ring (bicyclic) bond motifs is 10. The number of aromatic nitrogens is 4. The summed E-state index contributed by atoms with van der Waals surface area (Å²) in [4.78, 5) is 22.2. The molecule has 0 radical (unpaired) electrons. The number of unbranched alkanes of at least 4 members (excludes halogenated alkanes) is 30. The van der Waals surface area contributed by atoms with Crippen LogP contribution in [0.4, 0.5) is 0 Å². The smallest absolute Gasteiger partial charge is 0.0988 e.